The summed E-state index contributed by atoms with van der Waals surface area (Å²) in [5, 5.41) is 0. The summed E-state index contributed by atoms with van der Waals surface area (Å²) in [6.07, 6.45) is 8.48. The van der Waals surface area contributed by atoms with Gasteiger partial charge in [-0.2, -0.15) is 0 Å². The third-order valence-corrected chi connectivity index (χ3v) is 6.31. The van der Waals surface area contributed by atoms with Gasteiger partial charge in [0.05, 0.1) is 19.3 Å². The lowest BCUT2D eigenvalue weighted by atomic mass is 9.83. The zero-order chi connectivity index (χ0) is 23.0. The van der Waals surface area contributed by atoms with Gasteiger partial charge in [-0.1, -0.05) is 26.3 Å². The molecule has 1 heterocycles. The molecule has 31 heavy (non-hydrogen) atoms. The second-order valence-corrected chi connectivity index (χ2v) is 9.19. The first kappa shape index (κ1) is 25.1. The van der Waals surface area contributed by atoms with Crippen LogP contribution in [-0.4, -0.2) is 43.1 Å². The first-order valence-corrected chi connectivity index (χ1v) is 11.2. The maximum Gasteiger partial charge on any atom is 0.305 e. The molecule has 1 saturated heterocycles. The Morgan fingerprint density at radius 1 is 1.19 bits per heavy atom. The minimum Gasteiger partial charge on any atom is -0.469 e. The predicted molar refractivity (Wildman–Crippen MR) is 117 cm³/mol. The summed E-state index contributed by atoms with van der Waals surface area (Å²) in [4.78, 5) is 35.6. The van der Waals surface area contributed by atoms with Crippen molar-refractivity contribution in [2.75, 3.05) is 7.11 Å². The molecule has 0 aromatic rings. The van der Waals surface area contributed by atoms with Crippen LogP contribution in [0.2, 0.25) is 0 Å². The van der Waals surface area contributed by atoms with Crippen LogP contribution in [0.3, 0.4) is 0 Å². The molecule has 0 N–H and O–H groups in total. The Morgan fingerprint density at radius 2 is 1.94 bits per heavy atom. The SMILES string of the molecule is CC#CCC(C)(C)C(=O)C=C[C@@H]1[C@H]2C[C@H](CCCCC(=O)OC)O[C@H]2C[C@H]1OC(C)=O. The fourth-order valence-electron chi connectivity index (χ4n) is 4.51. The average molecular weight is 433 g/mol. The summed E-state index contributed by atoms with van der Waals surface area (Å²) >= 11 is 0. The van der Waals surface area contributed by atoms with Crippen LogP contribution in [0.4, 0.5) is 0 Å². The van der Waals surface area contributed by atoms with Crippen molar-refractivity contribution in [3.05, 3.63) is 12.2 Å². The van der Waals surface area contributed by atoms with Crippen molar-refractivity contribution in [2.24, 2.45) is 17.3 Å². The Hall–Kier alpha value is -2.13. The molecular formula is C25H36O6. The van der Waals surface area contributed by atoms with Gasteiger partial charge >= 0.3 is 11.9 Å². The van der Waals surface area contributed by atoms with E-state index in [-0.39, 0.29) is 47.9 Å². The minimum atomic E-state index is -0.553. The molecule has 0 aromatic carbocycles. The van der Waals surface area contributed by atoms with E-state index in [1.165, 1.54) is 14.0 Å². The number of esters is 2. The molecule has 0 unspecified atom stereocenters. The maximum atomic E-state index is 12.7. The molecule has 5 atom stereocenters. The highest BCUT2D eigenvalue weighted by molar-refractivity contribution is 5.94. The van der Waals surface area contributed by atoms with E-state index in [9.17, 15) is 14.4 Å². The highest BCUT2D eigenvalue weighted by Gasteiger charge is 2.49. The zero-order valence-corrected chi connectivity index (χ0v) is 19.4. The van der Waals surface area contributed by atoms with Crippen LogP contribution in [0.5, 0.6) is 0 Å². The maximum absolute atomic E-state index is 12.7. The average Bonchev–Trinajstić information content (AvgIpc) is 3.24. The number of carbonyl (C=O) groups excluding carboxylic acids is 3. The fraction of sp³-hybridized carbons (Fsp3) is 0.720. The van der Waals surface area contributed by atoms with Gasteiger partial charge in [0.25, 0.3) is 0 Å². The summed E-state index contributed by atoms with van der Waals surface area (Å²) in [6, 6.07) is 0. The number of allylic oxidation sites excluding steroid dienone is 1. The Balaban J connectivity index is 1.99. The van der Waals surface area contributed by atoms with Crippen LogP contribution >= 0.6 is 0 Å². The molecule has 0 bridgehead atoms. The predicted octanol–water partition coefficient (Wildman–Crippen LogP) is 4.01. The van der Waals surface area contributed by atoms with Gasteiger partial charge < -0.3 is 14.2 Å². The summed E-state index contributed by atoms with van der Waals surface area (Å²) in [5.41, 5.74) is -0.553. The molecule has 2 rings (SSSR count). The highest BCUT2D eigenvalue weighted by Crippen LogP contribution is 2.46. The third-order valence-electron chi connectivity index (χ3n) is 6.31. The van der Waals surface area contributed by atoms with E-state index < -0.39 is 5.41 Å². The van der Waals surface area contributed by atoms with Crippen molar-refractivity contribution < 1.29 is 28.6 Å². The normalized spacial score (nSPS) is 27.5. The van der Waals surface area contributed by atoms with E-state index >= 15 is 0 Å². The van der Waals surface area contributed by atoms with E-state index in [2.05, 4.69) is 16.6 Å². The number of ether oxygens (including phenoxy) is 3. The Kier molecular flexibility index (Phi) is 9.31. The van der Waals surface area contributed by atoms with E-state index in [1.807, 2.05) is 19.9 Å². The van der Waals surface area contributed by atoms with E-state index in [0.29, 0.717) is 19.3 Å². The van der Waals surface area contributed by atoms with Gasteiger partial charge in [-0.25, -0.2) is 0 Å². The molecular weight excluding hydrogens is 396 g/mol. The Morgan fingerprint density at radius 3 is 2.58 bits per heavy atom. The Labute approximate surface area is 186 Å². The molecule has 6 heteroatoms. The second kappa shape index (κ2) is 11.5. The van der Waals surface area contributed by atoms with E-state index in [0.717, 1.165) is 25.7 Å². The van der Waals surface area contributed by atoms with Crippen LogP contribution in [0.25, 0.3) is 0 Å². The monoisotopic (exact) mass is 432 g/mol. The number of fused-ring (bicyclic) bond motifs is 1. The van der Waals surface area contributed by atoms with Gasteiger partial charge in [0.2, 0.25) is 0 Å². The van der Waals surface area contributed by atoms with Crippen LogP contribution < -0.4 is 0 Å². The minimum absolute atomic E-state index is 0.0264. The van der Waals surface area contributed by atoms with Crippen LogP contribution in [0, 0.1) is 29.1 Å². The molecule has 6 nitrogen and oxygen atoms in total. The molecule has 0 spiro atoms. The summed E-state index contributed by atoms with van der Waals surface area (Å²) in [6.45, 7) is 6.98. The van der Waals surface area contributed by atoms with Crippen molar-refractivity contribution in [2.45, 2.75) is 91.0 Å². The number of unbranched alkanes of at least 4 members (excludes halogenated alkanes) is 1. The fourth-order valence-corrected chi connectivity index (χ4v) is 4.51. The number of rotatable bonds is 10. The number of ketones is 1. The standard InChI is InChI=1S/C25H36O6/c1-6-7-14-25(3,4)23(27)13-12-19-20-15-18(10-8-9-11-24(28)29-5)31-22(20)16-21(19)30-17(2)26/h12-13,18-22H,8-11,14-16H2,1-5H3/t18-,19+,20+,21+,22-/m0/s1. The van der Waals surface area contributed by atoms with Crippen molar-refractivity contribution in [1.82, 2.24) is 0 Å². The molecule has 1 saturated carbocycles. The molecule has 2 aliphatic rings. The first-order chi connectivity index (χ1) is 14.7. The molecule has 0 amide bonds. The van der Waals surface area contributed by atoms with Gasteiger partial charge in [0.15, 0.2) is 5.78 Å². The molecule has 2 fully saturated rings. The van der Waals surface area contributed by atoms with Gasteiger partial charge in [0, 0.05) is 37.5 Å². The van der Waals surface area contributed by atoms with Crippen molar-refractivity contribution >= 4 is 17.7 Å². The van der Waals surface area contributed by atoms with Crippen molar-refractivity contribution in [3.8, 4) is 11.8 Å². The highest BCUT2D eigenvalue weighted by atomic mass is 16.6. The zero-order valence-electron chi connectivity index (χ0n) is 19.4. The summed E-state index contributed by atoms with van der Waals surface area (Å²) < 4.78 is 16.5. The third kappa shape index (κ3) is 7.21. The van der Waals surface area contributed by atoms with Crippen LogP contribution in [0.15, 0.2) is 12.2 Å². The quantitative estimate of drug-likeness (QED) is 0.225. The van der Waals surface area contributed by atoms with Gasteiger partial charge in [-0.05, 0) is 38.2 Å². The Bertz CT molecular complexity index is 741. The number of hydrogen-bond donors (Lipinski definition) is 0. The molecule has 0 aromatic heterocycles. The lowest BCUT2D eigenvalue weighted by Gasteiger charge is -2.22. The first-order valence-electron chi connectivity index (χ1n) is 11.2. The number of methoxy groups -OCH3 is 1. The van der Waals surface area contributed by atoms with Crippen LogP contribution in [0.1, 0.15) is 72.6 Å². The molecule has 0 radical (unpaired) electrons. The topological polar surface area (TPSA) is 78.9 Å². The molecule has 1 aliphatic heterocycles. The van der Waals surface area contributed by atoms with Gasteiger partial charge in [0.1, 0.15) is 6.10 Å². The van der Waals surface area contributed by atoms with Gasteiger partial charge in [-0.15, -0.1) is 11.8 Å². The summed E-state index contributed by atoms with van der Waals surface area (Å²) in [5.74, 6) is 5.54. The molecule has 172 valence electrons. The van der Waals surface area contributed by atoms with Crippen LogP contribution in [-0.2, 0) is 28.6 Å². The largest absolute Gasteiger partial charge is 0.469 e. The smallest absolute Gasteiger partial charge is 0.305 e. The van der Waals surface area contributed by atoms with E-state index in [4.69, 9.17) is 9.47 Å². The van der Waals surface area contributed by atoms with Crippen molar-refractivity contribution in [3.63, 3.8) is 0 Å². The van der Waals surface area contributed by atoms with E-state index in [1.54, 1.807) is 13.0 Å². The second-order valence-electron chi connectivity index (χ2n) is 9.19. The van der Waals surface area contributed by atoms with Crippen molar-refractivity contribution in [1.29, 1.82) is 0 Å². The van der Waals surface area contributed by atoms with Gasteiger partial charge in [-0.3, -0.25) is 14.4 Å². The summed E-state index contributed by atoms with van der Waals surface area (Å²) in [7, 11) is 1.40. The lowest BCUT2D eigenvalue weighted by molar-refractivity contribution is -0.148. The number of carbonyl (C=O) groups is 3. The molecule has 1 aliphatic carbocycles. The lowest BCUT2D eigenvalue weighted by Crippen LogP contribution is -2.26. The number of hydrogen-bond acceptors (Lipinski definition) is 6.